The fraction of sp³-hybridized carbons (Fsp3) is 0.0952. The first kappa shape index (κ1) is 18.7. The van der Waals surface area contributed by atoms with Crippen molar-refractivity contribution in [2.45, 2.75) is 18.4 Å². The van der Waals surface area contributed by atoms with Gasteiger partial charge in [0.2, 0.25) is 0 Å². The van der Waals surface area contributed by atoms with E-state index in [-0.39, 0.29) is 10.8 Å². The molecule has 5 nitrogen and oxygen atoms in total. The summed E-state index contributed by atoms with van der Waals surface area (Å²) in [7, 11) is -3.77. The standard InChI is InChI=1S/C21H20N2O3S/c1-16-8-5-6-9-18(16)15-22-21(24)17-10-7-13-20(14-17)27(25,26)23-19-11-3-2-4-12-19/h2-14,23H,15H2,1H3,(H,22,24). The summed E-state index contributed by atoms with van der Waals surface area (Å²) in [6.45, 7) is 2.36. The predicted octanol–water partition coefficient (Wildman–Crippen LogP) is 3.73. The Morgan fingerprint density at radius 3 is 2.33 bits per heavy atom. The molecule has 27 heavy (non-hydrogen) atoms. The molecule has 0 fully saturated rings. The van der Waals surface area contributed by atoms with Crippen LogP contribution in [0.2, 0.25) is 0 Å². The van der Waals surface area contributed by atoms with Gasteiger partial charge in [-0.2, -0.15) is 0 Å². The molecular formula is C21H20N2O3S. The van der Waals surface area contributed by atoms with Crippen molar-refractivity contribution in [1.29, 1.82) is 0 Å². The van der Waals surface area contributed by atoms with Crippen LogP contribution in [0.15, 0.2) is 83.8 Å². The first-order chi connectivity index (χ1) is 13.0. The summed E-state index contributed by atoms with van der Waals surface area (Å²) in [5.41, 5.74) is 2.85. The van der Waals surface area contributed by atoms with Crippen molar-refractivity contribution in [2.75, 3.05) is 4.72 Å². The summed E-state index contributed by atoms with van der Waals surface area (Å²) in [5.74, 6) is -0.324. The molecule has 0 aliphatic heterocycles. The van der Waals surface area contributed by atoms with Gasteiger partial charge in [-0.1, -0.05) is 48.5 Å². The molecule has 0 saturated heterocycles. The predicted molar refractivity (Wildman–Crippen MR) is 106 cm³/mol. The molecule has 3 aromatic carbocycles. The number of carbonyl (C=O) groups excluding carboxylic acids is 1. The Bertz CT molecular complexity index is 1050. The van der Waals surface area contributed by atoms with Gasteiger partial charge in [0.15, 0.2) is 0 Å². The third kappa shape index (κ3) is 4.74. The number of aryl methyl sites for hydroxylation is 1. The van der Waals surface area contributed by atoms with Crippen LogP contribution >= 0.6 is 0 Å². The molecule has 0 aliphatic rings. The summed E-state index contributed by atoms with van der Waals surface area (Å²) in [6.07, 6.45) is 0. The van der Waals surface area contributed by atoms with E-state index in [9.17, 15) is 13.2 Å². The molecule has 6 heteroatoms. The van der Waals surface area contributed by atoms with Crippen LogP contribution in [-0.2, 0) is 16.6 Å². The third-order valence-corrected chi connectivity index (χ3v) is 5.51. The van der Waals surface area contributed by atoms with E-state index in [2.05, 4.69) is 10.0 Å². The number of rotatable bonds is 6. The van der Waals surface area contributed by atoms with Crippen LogP contribution in [0.5, 0.6) is 0 Å². The highest BCUT2D eigenvalue weighted by Crippen LogP contribution is 2.17. The lowest BCUT2D eigenvalue weighted by Gasteiger charge is -2.10. The Morgan fingerprint density at radius 2 is 1.59 bits per heavy atom. The molecule has 0 aliphatic carbocycles. The van der Waals surface area contributed by atoms with E-state index in [1.54, 1.807) is 42.5 Å². The second-order valence-corrected chi connectivity index (χ2v) is 7.79. The molecule has 0 atom stereocenters. The van der Waals surface area contributed by atoms with E-state index in [1.807, 2.05) is 31.2 Å². The van der Waals surface area contributed by atoms with Gasteiger partial charge in [-0.25, -0.2) is 8.42 Å². The van der Waals surface area contributed by atoms with Crippen LogP contribution in [0.1, 0.15) is 21.5 Å². The molecule has 0 heterocycles. The highest BCUT2D eigenvalue weighted by atomic mass is 32.2. The van der Waals surface area contributed by atoms with Crippen molar-refractivity contribution < 1.29 is 13.2 Å². The maximum absolute atomic E-state index is 12.6. The molecule has 0 saturated carbocycles. The van der Waals surface area contributed by atoms with E-state index in [4.69, 9.17) is 0 Å². The topological polar surface area (TPSA) is 75.3 Å². The lowest BCUT2D eigenvalue weighted by atomic mass is 10.1. The van der Waals surface area contributed by atoms with E-state index in [0.29, 0.717) is 17.8 Å². The normalized spacial score (nSPS) is 11.0. The SMILES string of the molecule is Cc1ccccc1CNC(=O)c1cccc(S(=O)(=O)Nc2ccccc2)c1. The molecule has 0 aromatic heterocycles. The van der Waals surface area contributed by atoms with Gasteiger partial charge in [-0.05, 0) is 48.4 Å². The second kappa shape index (κ2) is 8.05. The van der Waals surface area contributed by atoms with Crippen molar-refractivity contribution in [3.8, 4) is 0 Å². The van der Waals surface area contributed by atoms with Gasteiger partial charge in [0.25, 0.3) is 15.9 Å². The zero-order chi connectivity index (χ0) is 19.3. The van der Waals surface area contributed by atoms with Gasteiger partial charge in [0.05, 0.1) is 4.90 Å². The minimum Gasteiger partial charge on any atom is -0.348 e. The van der Waals surface area contributed by atoms with Crippen LogP contribution in [0.3, 0.4) is 0 Å². The first-order valence-corrected chi connectivity index (χ1v) is 9.95. The van der Waals surface area contributed by atoms with E-state index in [1.165, 1.54) is 12.1 Å². The van der Waals surface area contributed by atoms with Gasteiger partial charge in [-0.15, -0.1) is 0 Å². The number of nitrogens with one attached hydrogen (secondary N) is 2. The number of sulfonamides is 1. The van der Waals surface area contributed by atoms with Crippen LogP contribution in [0.25, 0.3) is 0 Å². The Hall–Kier alpha value is -3.12. The maximum atomic E-state index is 12.6. The van der Waals surface area contributed by atoms with Crippen molar-refractivity contribution in [1.82, 2.24) is 5.32 Å². The lowest BCUT2D eigenvalue weighted by molar-refractivity contribution is 0.0950. The molecule has 3 rings (SSSR count). The molecule has 0 spiro atoms. The Balaban J connectivity index is 1.74. The molecule has 0 radical (unpaired) electrons. The molecule has 0 bridgehead atoms. The fourth-order valence-electron chi connectivity index (χ4n) is 2.61. The monoisotopic (exact) mass is 380 g/mol. The zero-order valence-corrected chi connectivity index (χ0v) is 15.7. The van der Waals surface area contributed by atoms with E-state index >= 15 is 0 Å². The largest absolute Gasteiger partial charge is 0.348 e. The van der Waals surface area contributed by atoms with Crippen molar-refractivity contribution in [2.24, 2.45) is 0 Å². The summed E-state index contributed by atoms with van der Waals surface area (Å²) >= 11 is 0. The van der Waals surface area contributed by atoms with E-state index in [0.717, 1.165) is 11.1 Å². The van der Waals surface area contributed by atoms with Crippen molar-refractivity contribution >= 4 is 21.6 Å². The average molecular weight is 380 g/mol. The average Bonchev–Trinajstić information content (AvgIpc) is 2.68. The first-order valence-electron chi connectivity index (χ1n) is 8.46. The van der Waals surface area contributed by atoms with Crippen LogP contribution in [0.4, 0.5) is 5.69 Å². The number of hydrogen-bond donors (Lipinski definition) is 2. The second-order valence-electron chi connectivity index (χ2n) is 6.11. The van der Waals surface area contributed by atoms with Gasteiger partial charge in [0.1, 0.15) is 0 Å². The maximum Gasteiger partial charge on any atom is 0.261 e. The Morgan fingerprint density at radius 1 is 0.889 bits per heavy atom. The minimum atomic E-state index is -3.77. The number of hydrogen-bond acceptors (Lipinski definition) is 3. The zero-order valence-electron chi connectivity index (χ0n) is 14.8. The summed E-state index contributed by atoms with van der Waals surface area (Å²) in [4.78, 5) is 12.5. The molecular weight excluding hydrogens is 360 g/mol. The van der Waals surface area contributed by atoms with Crippen LogP contribution in [-0.4, -0.2) is 14.3 Å². The van der Waals surface area contributed by atoms with Gasteiger partial charge in [0, 0.05) is 17.8 Å². The van der Waals surface area contributed by atoms with Crippen molar-refractivity contribution in [3.05, 3.63) is 95.6 Å². The van der Waals surface area contributed by atoms with E-state index < -0.39 is 10.0 Å². The molecule has 138 valence electrons. The number of anilines is 1. The third-order valence-electron chi connectivity index (χ3n) is 4.13. The lowest BCUT2D eigenvalue weighted by Crippen LogP contribution is -2.23. The Kier molecular flexibility index (Phi) is 5.57. The van der Waals surface area contributed by atoms with Gasteiger partial charge < -0.3 is 5.32 Å². The van der Waals surface area contributed by atoms with Gasteiger partial charge in [-0.3, -0.25) is 9.52 Å². The summed E-state index contributed by atoms with van der Waals surface area (Å²) in [5, 5.41) is 2.83. The minimum absolute atomic E-state index is 0.0369. The van der Waals surface area contributed by atoms with Crippen LogP contribution in [0, 0.1) is 6.92 Å². The number of benzene rings is 3. The molecule has 1 amide bonds. The van der Waals surface area contributed by atoms with Gasteiger partial charge >= 0.3 is 0 Å². The Labute approximate surface area is 159 Å². The van der Waals surface area contributed by atoms with Crippen molar-refractivity contribution in [3.63, 3.8) is 0 Å². The highest BCUT2D eigenvalue weighted by Gasteiger charge is 2.16. The fourth-order valence-corrected chi connectivity index (χ4v) is 3.71. The number of para-hydroxylation sites is 1. The molecule has 3 aromatic rings. The number of amides is 1. The highest BCUT2D eigenvalue weighted by molar-refractivity contribution is 7.92. The molecule has 2 N–H and O–H groups in total. The number of carbonyl (C=O) groups is 1. The smallest absolute Gasteiger partial charge is 0.261 e. The molecule has 0 unspecified atom stereocenters. The quantitative estimate of drug-likeness (QED) is 0.684. The van der Waals surface area contributed by atoms with Crippen LogP contribution < -0.4 is 10.0 Å². The summed E-state index contributed by atoms with van der Waals surface area (Å²) < 4.78 is 27.6. The summed E-state index contributed by atoms with van der Waals surface area (Å²) in [6, 6.07) is 22.4.